The second kappa shape index (κ2) is 9.14. The molecule has 0 unspecified atom stereocenters. The summed E-state index contributed by atoms with van der Waals surface area (Å²) in [5.41, 5.74) is 0.763. The summed E-state index contributed by atoms with van der Waals surface area (Å²) in [6.45, 7) is 1.26. The zero-order valence-corrected chi connectivity index (χ0v) is 16.4. The van der Waals surface area contributed by atoms with Crippen molar-refractivity contribution in [3.63, 3.8) is 0 Å². The summed E-state index contributed by atoms with van der Waals surface area (Å²) in [4.78, 5) is 18.5. The Morgan fingerprint density at radius 2 is 2.04 bits per heavy atom. The number of aliphatic imine (C=N–C) groups is 1. The third kappa shape index (κ3) is 5.12. The van der Waals surface area contributed by atoms with Crippen molar-refractivity contribution in [1.29, 1.82) is 0 Å². The number of nitrogens with one attached hydrogen (secondary N) is 2. The highest BCUT2D eigenvalue weighted by molar-refractivity contribution is 14.0. The molecular weight excluding hydrogens is 407 g/mol. The fourth-order valence-electron chi connectivity index (χ4n) is 3.04. The zero-order valence-electron chi connectivity index (χ0n) is 14.1. The maximum atomic E-state index is 12.5. The van der Waals surface area contributed by atoms with Gasteiger partial charge in [-0.1, -0.05) is 12.8 Å². The molecule has 0 bridgehead atoms. The standard InChI is InChI=1S/C16H26N4O2.HI/c1-17-15(18-10-13-6-9-22-11-13)19-12-16(7-4-5-8-16)14(21)20(2)3;/h6,9,11H,4-5,7-8,10,12H2,1-3H3,(H2,17,18,19);1H. The Bertz CT molecular complexity index is 508. The van der Waals surface area contributed by atoms with Gasteiger partial charge in [0.05, 0.1) is 17.9 Å². The molecule has 1 heterocycles. The lowest BCUT2D eigenvalue weighted by Gasteiger charge is -2.31. The first-order valence-electron chi connectivity index (χ1n) is 7.75. The lowest BCUT2D eigenvalue weighted by molar-refractivity contribution is -0.138. The molecule has 6 nitrogen and oxygen atoms in total. The van der Waals surface area contributed by atoms with Crippen molar-refractivity contribution >= 4 is 35.8 Å². The van der Waals surface area contributed by atoms with Gasteiger partial charge in [-0.25, -0.2) is 0 Å². The molecule has 23 heavy (non-hydrogen) atoms. The fourth-order valence-corrected chi connectivity index (χ4v) is 3.04. The first-order chi connectivity index (χ1) is 10.6. The van der Waals surface area contributed by atoms with Gasteiger partial charge in [-0.2, -0.15) is 0 Å². The Labute approximate surface area is 155 Å². The number of nitrogens with zero attached hydrogens (tertiary/aromatic N) is 2. The van der Waals surface area contributed by atoms with E-state index in [1.807, 2.05) is 20.2 Å². The van der Waals surface area contributed by atoms with Crippen molar-refractivity contribution < 1.29 is 9.21 Å². The number of amides is 1. The number of carbonyl (C=O) groups is 1. The normalized spacial score (nSPS) is 16.6. The van der Waals surface area contributed by atoms with E-state index in [0.29, 0.717) is 19.0 Å². The topological polar surface area (TPSA) is 69.9 Å². The molecule has 1 aliphatic rings. The van der Waals surface area contributed by atoms with Gasteiger partial charge in [0.1, 0.15) is 0 Å². The Kier molecular flexibility index (Phi) is 7.87. The van der Waals surface area contributed by atoms with Crippen molar-refractivity contribution in [3.05, 3.63) is 24.2 Å². The predicted molar refractivity (Wildman–Crippen MR) is 102 cm³/mol. The smallest absolute Gasteiger partial charge is 0.230 e. The van der Waals surface area contributed by atoms with E-state index in [0.717, 1.165) is 31.2 Å². The molecule has 1 saturated carbocycles. The average Bonchev–Trinajstić information content (AvgIpc) is 3.18. The molecule has 2 rings (SSSR count). The lowest BCUT2D eigenvalue weighted by atomic mass is 9.84. The van der Waals surface area contributed by atoms with Crippen LogP contribution in [0.2, 0.25) is 0 Å². The molecule has 1 aromatic rings. The minimum Gasteiger partial charge on any atom is -0.472 e. The molecule has 0 aromatic carbocycles. The van der Waals surface area contributed by atoms with Gasteiger partial charge in [-0.15, -0.1) is 24.0 Å². The molecule has 0 radical (unpaired) electrons. The van der Waals surface area contributed by atoms with Crippen LogP contribution in [0.4, 0.5) is 0 Å². The lowest BCUT2D eigenvalue weighted by Crippen LogP contribution is -2.49. The summed E-state index contributed by atoms with van der Waals surface area (Å²) in [6, 6.07) is 1.91. The van der Waals surface area contributed by atoms with Crippen LogP contribution in [0, 0.1) is 5.41 Å². The van der Waals surface area contributed by atoms with E-state index in [9.17, 15) is 4.79 Å². The number of furan rings is 1. The number of hydrogen-bond donors (Lipinski definition) is 2. The molecule has 0 spiro atoms. The fraction of sp³-hybridized carbons (Fsp3) is 0.625. The minimum atomic E-state index is -0.295. The SMILES string of the molecule is CN=C(NCc1ccoc1)NCC1(C(=O)N(C)C)CCCC1.I. The van der Waals surface area contributed by atoms with E-state index >= 15 is 0 Å². The predicted octanol–water partition coefficient (Wildman–Crippen LogP) is 2.21. The third-order valence-corrected chi connectivity index (χ3v) is 4.28. The van der Waals surface area contributed by atoms with E-state index in [-0.39, 0.29) is 35.3 Å². The van der Waals surface area contributed by atoms with Crippen molar-refractivity contribution in [3.8, 4) is 0 Å². The van der Waals surface area contributed by atoms with Crippen LogP contribution in [0.5, 0.6) is 0 Å². The van der Waals surface area contributed by atoms with Gasteiger partial charge in [0.2, 0.25) is 5.91 Å². The number of carbonyl (C=O) groups excluding carboxylic acids is 1. The molecule has 1 amide bonds. The Morgan fingerprint density at radius 1 is 1.35 bits per heavy atom. The quantitative estimate of drug-likeness (QED) is 0.424. The third-order valence-electron chi connectivity index (χ3n) is 4.28. The summed E-state index contributed by atoms with van der Waals surface area (Å²) in [5.74, 6) is 0.918. The average molecular weight is 434 g/mol. The molecule has 2 N–H and O–H groups in total. The Balaban J connectivity index is 0.00000264. The first kappa shape index (κ1) is 19.8. The van der Waals surface area contributed by atoms with E-state index in [1.54, 1.807) is 24.5 Å². The van der Waals surface area contributed by atoms with Gasteiger partial charge in [-0.05, 0) is 18.9 Å². The van der Waals surface area contributed by atoms with Crippen LogP contribution in [0.25, 0.3) is 0 Å². The summed E-state index contributed by atoms with van der Waals surface area (Å²) in [5, 5.41) is 6.55. The van der Waals surface area contributed by atoms with Crippen LogP contribution >= 0.6 is 24.0 Å². The van der Waals surface area contributed by atoms with E-state index in [1.165, 1.54) is 0 Å². The summed E-state index contributed by atoms with van der Waals surface area (Å²) in [7, 11) is 5.39. The van der Waals surface area contributed by atoms with Crippen LogP contribution in [0.15, 0.2) is 28.0 Å². The van der Waals surface area contributed by atoms with Crippen LogP contribution < -0.4 is 10.6 Å². The van der Waals surface area contributed by atoms with E-state index in [4.69, 9.17) is 4.42 Å². The van der Waals surface area contributed by atoms with Gasteiger partial charge in [0.15, 0.2) is 5.96 Å². The van der Waals surface area contributed by atoms with Crippen LogP contribution in [0.1, 0.15) is 31.2 Å². The van der Waals surface area contributed by atoms with Crippen molar-refractivity contribution in [1.82, 2.24) is 15.5 Å². The highest BCUT2D eigenvalue weighted by Crippen LogP contribution is 2.38. The largest absolute Gasteiger partial charge is 0.472 e. The van der Waals surface area contributed by atoms with Crippen molar-refractivity contribution in [2.24, 2.45) is 10.4 Å². The molecule has 0 saturated heterocycles. The van der Waals surface area contributed by atoms with Gasteiger partial charge in [-0.3, -0.25) is 9.79 Å². The molecular formula is C16H27IN4O2. The second-order valence-corrected chi connectivity index (χ2v) is 6.10. The van der Waals surface area contributed by atoms with Crippen molar-refractivity contribution in [2.45, 2.75) is 32.2 Å². The molecule has 130 valence electrons. The Hall–Kier alpha value is -1.25. The molecule has 0 aliphatic heterocycles. The maximum Gasteiger partial charge on any atom is 0.230 e. The van der Waals surface area contributed by atoms with Gasteiger partial charge in [0.25, 0.3) is 0 Å². The van der Waals surface area contributed by atoms with Gasteiger partial charge < -0.3 is 20.0 Å². The summed E-state index contributed by atoms with van der Waals surface area (Å²) < 4.78 is 5.05. The first-order valence-corrected chi connectivity index (χ1v) is 7.75. The van der Waals surface area contributed by atoms with E-state index in [2.05, 4.69) is 15.6 Å². The van der Waals surface area contributed by atoms with Crippen molar-refractivity contribution in [2.75, 3.05) is 27.7 Å². The summed E-state index contributed by atoms with van der Waals surface area (Å²) >= 11 is 0. The highest BCUT2D eigenvalue weighted by Gasteiger charge is 2.42. The molecule has 0 atom stereocenters. The minimum absolute atomic E-state index is 0. The number of guanidine groups is 1. The van der Waals surface area contributed by atoms with Crippen LogP contribution in [0.3, 0.4) is 0 Å². The second-order valence-electron chi connectivity index (χ2n) is 6.10. The van der Waals surface area contributed by atoms with E-state index < -0.39 is 0 Å². The van der Waals surface area contributed by atoms with Crippen LogP contribution in [-0.2, 0) is 11.3 Å². The molecule has 1 fully saturated rings. The van der Waals surface area contributed by atoms with Gasteiger partial charge >= 0.3 is 0 Å². The van der Waals surface area contributed by atoms with Crippen LogP contribution in [-0.4, -0.2) is 44.5 Å². The Morgan fingerprint density at radius 3 is 2.57 bits per heavy atom. The molecule has 1 aromatic heterocycles. The molecule has 1 aliphatic carbocycles. The zero-order chi connectivity index (χ0) is 16.0. The van der Waals surface area contributed by atoms with Gasteiger partial charge in [0, 0.05) is 39.8 Å². The number of rotatable bonds is 5. The monoisotopic (exact) mass is 434 g/mol. The highest BCUT2D eigenvalue weighted by atomic mass is 127. The summed E-state index contributed by atoms with van der Waals surface area (Å²) in [6.07, 6.45) is 7.46. The number of halogens is 1. The number of hydrogen-bond acceptors (Lipinski definition) is 3. The maximum absolute atomic E-state index is 12.5. The molecule has 7 heteroatoms.